The van der Waals surface area contributed by atoms with Crippen LogP contribution >= 0.6 is 0 Å². The van der Waals surface area contributed by atoms with Crippen molar-refractivity contribution in [2.24, 2.45) is 7.05 Å². The molecule has 0 aliphatic heterocycles. The van der Waals surface area contributed by atoms with E-state index in [1.807, 2.05) is 14.0 Å². The second-order valence-electron chi connectivity index (χ2n) is 5.95. The Morgan fingerprint density at radius 1 is 1.25 bits per heavy atom. The van der Waals surface area contributed by atoms with Gasteiger partial charge in [0, 0.05) is 18.0 Å². The molecule has 0 amide bonds. The molecule has 1 fully saturated rings. The third-order valence-corrected chi connectivity index (χ3v) is 4.76. The third-order valence-electron chi connectivity index (χ3n) is 4.76. The average Bonchev–Trinajstić information content (AvgIpc) is 2.71. The zero-order valence-electron chi connectivity index (χ0n) is 12.1. The van der Waals surface area contributed by atoms with Crippen LogP contribution in [0.2, 0.25) is 0 Å². The van der Waals surface area contributed by atoms with Gasteiger partial charge in [0.25, 0.3) is 0 Å². The lowest BCUT2D eigenvalue weighted by Crippen LogP contribution is -2.05. The van der Waals surface area contributed by atoms with Crippen molar-refractivity contribution in [2.45, 2.75) is 44.9 Å². The monoisotopic (exact) mass is 271 g/mol. The van der Waals surface area contributed by atoms with Crippen LogP contribution in [0.3, 0.4) is 0 Å². The fourth-order valence-corrected chi connectivity index (χ4v) is 3.64. The Balaban J connectivity index is 2.11. The Kier molecular flexibility index (Phi) is 3.28. The van der Waals surface area contributed by atoms with Crippen LogP contribution in [0.25, 0.3) is 10.9 Å². The van der Waals surface area contributed by atoms with Crippen LogP contribution in [0.5, 0.6) is 0 Å². The van der Waals surface area contributed by atoms with Crippen LogP contribution < -0.4 is 0 Å². The van der Waals surface area contributed by atoms with Crippen molar-refractivity contribution in [1.29, 1.82) is 0 Å². The predicted molar refractivity (Wildman–Crippen MR) is 80.4 cm³/mol. The van der Waals surface area contributed by atoms with Gasteiger partial charge in [0.1, 0.15) is 5.69 Å². The SMILES string of the molecule is Cc1c(C(=O)O)n(C)c2ccc(C3CCCCC3)cc12. The summed E-state index contributed by atoms with van der Waals surface area (Å²) in [6.45, 7) is 1.91. The Bertz CT molecular complexity index is 663. The molecule has 1 aliphatic carbocycles. The summed E-state index contributed by atoms with van der Waals surface area (Å²) in [5.74, 6) is -0.193. The lowest BCUT2D eigenvalue weighted by atomic mass is 9.83. The highest BCUT2D eigenvalue weighted by Crippen LogP contribution is 2.35. The van der Waals surface area contributed by atoms with E-state index in [4.69, 9.17) is 0 Å². The number of aromatic nitrogens is 1. The third kappa shape index (κ3) is 2.01. The lowest BCUT2D eigenvalue weighted by Gasteiger charge is -2.22. The Hall–Kier alpha value is -1.77. The highest BCUT2D eigenvalue weighted by Gasteiger charge is 2.20. The van der Waals surface area contributed by atoms with E-state index in [0.717, 1.165) is 16.5 Å². The van der Waals surface area contributed by atoms with E-state index in [0.29, 0.717) is 11.6 Å². The van der Waals surface area contributed by atoms with Crippen LogP contribution in [0.15, 0.2) is 18.2 Å². The number of carbonyl (C=O) groups is 1. The molecule has 3 rings (SSSR count). The quantitative estimate of drug-likeness (QED) is 0.888. The number of aromatic carboxylic acids is 1. The Morgan fingerprint density at radius 2 is 1.95 bits per heavy atom. The van der Waals surface area contributed by atoms with Gasteiger partial charge in [0.15, 0.2) is 0 Å². The van der Waals surface area contributed by atoms with Crippen molar-refractivity contribution >= 4 is 16.9 Å². The molecule has 0 unspecified atom stereocenters. The maximum atomic E-state index is 11.4. The fourth-order valence-electron chi connectivity index (χ4n) is 3.64. The van der Waals surface area contributed by atoms with E-state index in [2.05, 4.69) is 18.2 Å². The van der Waals surface area contributed by atoms with Gasteiger partial charge in [-0.1, -0.05) is 25.3 Å². The standard InChI is InChI=1S/C17H21NO2/c1-11-14-10-13(12-6-4-3-5-7-12)8-9-15(14)18(2)16(11)17(19)20/h8-10,12H,3-7H2,1-2H3,(H,19,20). The summed E-state index contributed by atoms with van der Waals surface area (Å²) in [4.78, 5) is 11.4. The predicted octanol–water partition coefficient (Wildman–Crippen LogP) is 4.23. The van der Waals surface area contributed by atoms with Crippen LogP contribution in [-0.2, 0) is 7.05 Å². The van der Waals surface area contributed by atoms with Gasteiger partial charge in [-0.05, 0) is 48.9 Å². The van der Waals surface area contributed by atoms with Crippen molar-refractivity contribution < 1.29 is 9.90 Å². The van der Waals surface area contributed by atoms with Crippen molar-refractivity contribution in [3.63, 3.8) is 0 Å². The van der Waals surface area contributed by atoms with Crippen LogP contribution in [0.4, 0.5) is 0 Å². The molecule has 3 nitrogen and oxygen atoms in total. The second kappa shape index (κ2) is 4.97. The summed E-state index contributed by atoms with van der Waals surface area (Å²) in [7, 11) is 1.83. The van der Waals surface area contributed by atoms with Crippen molar-refractivity contribution in [3.05, 3.63) is 35.0 Å². The van der Waals surface area contributed by atoms with Gasteiger partial charge in [-0.25, -0.2) is 4.79 Å². The molecule has 1 heterocycles. The number of hydrogen-bond donors (Lipinski definition) is 1. The lowest BCUT2D eigenvalue weighted by molar-refractivity contribution is 0.0686. The zero-order chi connectivity index (χ0) is 14.3. The maximum Gasteiger partial charge on any atom is 0.352 e. The van der Waals surface area contributed by atoms with Gasteiger partial charge in [-0.3, -0.25) is 0 Å². The largest absolute Gasteiger partial charge is 0.477 e. The summed E-state index contributed by atoms with van der Waals surface area (Å²) >= 11 is 0. The molecule has 1 aromatic carbocycles. The number of rotatable bonds is 2. The maximum absolute atomic E-state index is 11.4. The summed E-state index contributed by atoms with van der Waals surface area (Å²) in [5.41, 5.74) is 3.68. The van der Waals surface area contributed by atoms with Gasteiger partial charge in [0.05, 0.1) is 0 Å². The molecule has 0 radical (unpaired) electrons. The molecule has 1 aromatic heterocycles. The molecule has 0 saturated heterocycles. The summed E-state index contributed by atoms with van der Waals surface area (Å²) < 4.78 is 1.79. The van der Waals surface area contributed by atoms with Crippen LogP contribution in [0, 0.1) is 6.92 Å². The van der Waals surface area contributed by atoms with E-state index in [9.17, 15) is 9.90 Å². The van der Waals surface area contributed by atoms with Crippen LogP contribution in [-0.4, -0.2) is 15.6 Å². The molecule has 2 aromatic rings. The van der Waals surface area contributed by atoms with Gasteiger partial charge in [-0.15, -0.1) is 0 Å². The number of benzene rings is 1. The summed E-state index contributed by atoms with van der Waals surface area (Å²) in [6.07, 6.45) is 6.52. The fraction of sp³-hybridized carbons (Fsp3) is 0.471. The molecule has 3 heteroatoms. The molecule has 0 bridgehead atoms. The van der Waals surface area contributed by atoms with E-state index >= 15 is 0 Å². The Labute approximate surface area is 119 Å². The number of nitrogens with zero attached hydrogens (tertiary/aromatic N) is 1. The highest BCUT2D eigenvalue weighted by molar-refractivity contribution is 5.98. The number of hydrogen-bond acceptors (Lipinski definition) is 1. The van der Waals surface area contributed by atoms with Crippen molar-refractivity contribution in [1.82, 2.24) is 4.57 Å². The van der Waals surface area contributed by atoms with Crippen molar-refractivity contribution in [2.75, 3.05) is 0 Å². The van der Waals surface area contributed by atoms with Gasteiger partial charge in [0.2, 0.25) is 0 Å². The summed E-state index contributed by atoms with van der Waals surface area (Å²) in [6, 6.07) is 6.48. The molecular formula is C17H21NO2. The molecule has 0 spiro atoms. The first kappa shape index (κ1) is 13.2. The summed E-state index contributed by atoms with van der Waals surface area (Å²) in [5, 5.41) is 10.4. The zero-order valence-corrected chi connectivity index (χ0v) is 12.1. The molecule has 106 valence electrons. The van der Waals surface area contributed by atoms with E-state index in [1.165, 1.54) is 37.7 Å². The Morgan fingerprint density at radius 3 is 2.60 bits per heavy atom. The first-order valence-electron chi connectivity index (χ1n) is 7.42. The van der Waals surface area contributed by atoms with Crippen LogP contribution in [0.1, 0.15) is 59.6 Å². The number of carboxylic acids is 1. The molecule has 1 saturated carbocycles. The first-order valence-corrected chi connectivity index (χ1v) is 7.42. The number of aryl methyl sites for hydroxylation is 2. The molecule has 0 atom stereocenters. The molecular weight excluding hydrogens is 250 g/mol. The average molecular weight is 271 g/mol. The normalized spacial score (nSPS) is 16.7. The molecule has 1 N–H and O–H groups in total. The molecule has 1 aliphatic rings. The van der Waals surface area contributed by atoms with E-state index < -0.39 is 5.97 Å². The van der Waals surface area contributed by atoms with Crippen molar-refractivity contribution in [3.8, 4) is 0 Å². The highest BCUT2D eigenvalue weighted by atomic mass is 16.4. The number of fused-ring (bicyclic) bond motifs is 1. The minimum Gasteiger partial charge on any atom is -0.477 e. The van der Waals surface area contributed by atoms with Gasteiger partial charge >= 0.3 is 5.97 Å². The second-order valence-corrected chi connectivity index (χ2v) is 5.95. The topological polar surface area (TPSA) is 42.2 Å². The smallest absolute Gasteiger partial charge is 0.352 e. The minimum absolute atomic E-state index is 0.404. The van der Waals surface area contributed by atoms with Gasteiger partial charge < -0.3 is 9.67 Å². The van der Waals surface area contributed by atoms with Gasteiger partial charge in [-0.2, -0.15) is 0 Å². The molecule has 20 heavy (non-hydrogen) atoms. The van der Waals surface area contributed by atoms with E-state index in [-0.39, 0.29) is 0 Å². The number of carboxylic acid groups (broad SMARTS) is 1. The van der Waals surface area contributed by atoms with E-state index in [1.54, 1.807) is 4.57 Å². The first-order chi connectivity index (χ1) is 9.59. The minimum atomic E-state index is -0.847.